The Balaban J connectivity index is 1.50. The van der Waals surface area contributed by atoms with Crippen molar-refractivity contribution in [1.82, 2.24) is 25.3 Å². The molecule has 2 fully saturated rings. The van der Waals surface area contributed by atoms with Crippen LogP contribution in [-0.2, 0) is 0 Å². The van der Waals surface area contributed by atoms with Crippen molar-refractivity contribution < 1.29 is 0 Å². The van der Waals surface area contributed by atoms with Gasteiger partial charge in [0.15, 0.2) is 5.96 Å². The summed E-state index contributed by atoms with van der Waals surface area (Å²) in [5, 5.41) is 6.97. The highest BCUT2D eigenvalue weighted by Crippen LogP contribution is 2.18. The first kappa shape index (κ1) is 22.4. The van der Waals surface area contributed by atoms with Crippen LogP contribution in [0.3, 0.4) is 0 Å². The Kier molecular flexibility index (Phi) is 11.1. The topological polar surface area (TPSA) is 46.1 Å². The van der Waals surface area contributed by atoms with Crippen molar-refractivity contribution in [3.63, 3.8) is 0 Å². The van der Waals surface area contributed by atoms with Crippen molar-refractivity contribution in [2.75, 3.05) is 72.5 Å². The second kappa shape index (κ2) is 13.3. The monoisotopic (exact) mass is 380 g/mol. The number of rotatable bonds is 10. The molecular weight excluding hydrogens is 336 g/mol. The third-order valence-electron chi connectivity index (χ3n) is 6.24. The molecule has 2 saturated heterocycles. The molecule has 0 aromatic carbocycles. The minimum Gasteiger partial charge on any atom is -0.356 e. The highest BCUT2D eigenvalue weighted by molar-refractivity contribution is 5.79. The molecule has 2 aliphatic heterocycles. The number of likely N-dealkylation sites (N-methyl/N-ethyl adjacent to an activating group) is 1. The maximum Gasteiger partial charge on any atom is 0.191 e. The quantitative estimate of drug-likeness (QED) is 0.344. The van der Waals surface area contributed by atoms with Gasteiger partial charge in [-0.3, -0.25) is 9.89 Å². The molecule has 158 valence electrons. The molecule has 6 nitrogen and oxygen atoms in total. The standard InChI is InChI=1S/C21H44N6/c1-4-20-10-6-8-14-27(20)15-12-24-21(22-3)23-11-7-9-13-26-18-16-25(5-2)17-19-26/h20H,4-19H2,1-3H3,(H2,22,23,24). The van der Waals surface area contributed by atoms with Gasteiger partial charge in [0.05, 0.1) is 0 Å². The lowest BCUT2D eigenvalue weighted by Crippen LogP contribution is -2.46. The molecule has 0 radical (unpaired) electrons. The van der Waals surface area contributed by atoms with Crippen LogP contribution in [0.25, 0.3) is 0 Å². The number of hydrogen-bond donors (Lipinski definition) is 2. The van der Waals surface area contributed by atoms with Gasteiger partial charge in [0.1, 0.15) is 0 Å². The van der Waals surface area contributed by atoms with Crippen LogP contribution in [-0.4, -0.2) is 99.2 Å². The fraction of sp³-hybridized carbons (Fsp3) is 0.952. The SMILES string of the molecule is CCC1CCCCN1CCNC(=NC)NCCCCN1CCN(CC)CC1. The predicted octanol–water partition coefficient (Wildman–Crippen LogP) is 1.83. The van der Waals surface area contributed by atoms with Crippen molar-refractivity contribution in [3.05, 3.63) is 0 Å². The van der Waals surface area contributed by atoms with E-state index in [0.29, 0.717) is 0 Å². The Hall–Kier alpha value is -0.850. The van der Waals surface area contributed by atoms with Crippen LogP contribution >= 0.6 is 0 Å². The smallest absolute Gasteiger partial charge is 0.191 e. The largest absolute Gasteiger partial charge is 0.356 e. The van der Waals surface area contributed by atoms with E-state index in [1.807, 2.05) is 7.05 Å². The fourth-order valence-corrected chi connectivity index (χ4v) is 4.35. The predicted molar refractivity (Wildman–Crippen MR) is 117 cm³/mol. The molecule has 0 aromatic heterocycles. The molecule has 0 amide bonds. The third kappa shape index (κ3) is 8.36. The van der Waals surface area contributed by atoms with Gasteiger partial charge in [0, 0.05) is 58.9 Å². The van der Waals surface area contributed by atoms with E-state index in [-0.39, 0.29) is 0 Å². The van der Waals surface area contributed by atoms with Gasteiger partial charge in [-0.15, -0.1) is 0 Å². The first-order valence-corrected chi connectivity index (χ1v) is 11.4. The van der Waals surface area contributed by atoms with Crippen LogP contribution in [0.4, 0.5) is 0 Å². The lowest BCUT2D eigenvalue weighted by atomic mass is 10.0. The van der Waals surface area contributed by atoms with E-state index in [0.717, 1.165) is 31.6 Å². The van der Waals surface area contributed by atoms with Crippen LogP contribution in [0.5, 0.6) is 0 Å². The average Bonchev–Trinajstić information content (AvgIpc) is 2.73. The third-order valence-corrected chi connectivity index (χ3v) is 6.24. The van der Waals surface area contributed by atoms with Gasteiger partial charge in [-0.1, -0.05) is 20.3 Å². The molecule has 2 rings (SSSR count). The zero-order valence-corrected chi connectivity index (χ0v) is 18.2. The Morgan fingerprint density at radius 1 is 0.889 bits per heavy atom. The number of nitrogens with one attached hydrogen (secondary N) is 2. The Morgan fingerprint density at radius 3 is 2.33 bits per heavy atom. The normalized spacial score (nSPS) is 23.5. The molecule has 2 N–H and O–H groups in total. The van der Waals surface area contributed by atoms with Gasteiger partial charge in [-0.05, 0) is 51.7 Å². The fourth-order valence-electron chi connectivity index (χ4n) is 4.35. The first-order valence-electron chi connectivity index (χ1n) is 11.4. The van der Waals surface area contributed by atoms with E-state index < -0.39 is 0 Å². The number of nitrogens with zero attached hydrogens (tertiary/aromatic N) is 4. The van der Waals surface area contributed by atoms with E-state index in [2.05, 4.69) is 44.2 Å². The summed E-state index contributed by atoms with van der Waals surface area (Å²) in [6, 6.07) is 0.787. The van der Waals surface area contributed by atoms with E-state index >= 15 is 0 Å². The first-order chi connectivity index (χ1) is 13.3. The van der Waals surface area contributed by atoms with Crippen LogP contribution in [0, 0.1) is 0 Å². The number of guanidine groups is 1. The lowest BCUT2D eigenvalue weighted by Gasteiger charge is -2.35. The maximum absolute atomic E-state index is 4.38. The number of likely N-dealkylation sites (tertiary alicyclic amines) is 1. The van der Waals surface area contributed by atoms with Crippen molar-refractivity contribution in [2.24, 2.45) is 4.99 Å². The molecule has 1 unspecified atom stereocenters. The summed E-state index contributed by atoms with van der Waals surface area (Å²) in [6.45, 7) is 16.3. The van der Waals surface area contributed by atoms with Crippen molar-refractivity contribution in [3.8, 4) is 0 Å². The zero-order valence-electron chi connectivity index (χ0n) is 18.2. The molecule has 0 spiro atoms. The molecule has 1 atom stereocenters. The lowest BCUT2D eigenvalue weighted by molar-refractivity contribution is 0.136. The van der Waals surface area contributed by atoms with Crippen LogP contribution < -0.4 is 10.6 Å². The highest BCUT2D eigenvalue weighted by Gasteiger charge is 2.20. The summed E-state index contributed by atoms with van der Waals surface area (Å²) in [5.41, 5.74) is 0. The van der Waals surface area contributed by atoms with Crippen LogP contribution in [0.2, 0.25) is 0 Å². The van der Waals surface area contributed by atoms with E-state index in [1.54, 1.807) is 0 Å². The van der Waals surface area contributed by atoms with E-state index in [9.17, 15) is 0 Å². The minimum atomic E-state index is 0.787. The van der Waals surface area contributed by atoms with Crippen LogP contribution in [0.15, 0.2) is 4.99 Å². The summed E-state index contributed by atoms with van der Waals surface area (Å²) >= 11 is 0. The number of piperidine rings is 1. The Labute approximate surface area is 167 Å². The van der Waals surface area contributed by atoms with Crippen LogP contribution in [0.1, 0.15) is 52.4 Å². The molecule has 2 heterocycles. The summed E-state index contributed by atoms with van der Waals surface area (Å²) in [6.07, 6.45) is 7.88. The number of hydrogen-bond acceptors (Lipinski definition) is 4. The summed E-state index contributed by atoms with van der Waals surface area (Å²) < 4.78 is 0. The Bertz CT molecular complexity index is 405. The number of aliphatic imine (C=N–C) groups is 1. The van der Waals surface area contributed by atoms with Crippen molar-refractivity contribution in [1.29, 1.82) is 0 Å². The minimum absolute atomic E-state index is 0.787. The summed E-state index contributed by atoms with van der Waals surface area (Å²) in [5.74, 6) is 0.955. The van der Waals surface area contributed by atoms with Gasteiger partial charge in [-0.2, -0.15) is 0 Å². The average molecular weight is 381 g/mol. The molecule has 27 heavy (non-hydrogen) atoms. The molecule has 2 aliphatic rings. The van der Waals surface area contributed by atoms with Gasteiger partial charge in [0.25, 0.3) is 0 Å². The van der Waals surface area contributed by atoms with E-state index in [1.165, 1.54) is 84.3 Å². The van der Waals surface area contributed by atoms with E-state index in [4.69, 9.17) is 0 Å². The van der Waals surface area contributed by atoms with Crippen molar-refractivity contribution in [2.45, 2.75) is 58.4 Å². The molecule has 0 aromatic rings. The second-order valence-electron chi connectivity index (χ2n) is 8.00. The second-order valence-corrected chi connectivity index (χ2v) is 8.00. The van der Waals surface area contributed by atoms with Gasteiger partial charge >= 0.3 is 0 Å². The molecule has 6 heteroatoms. The zero-order chi connectivity index (χ0) is 19.3. The number of piperazine rings is 1. The van der Waals surface area contributed by atoms with Crippen molar-refractivity contribution >= 4 is 5.96 Å². The summed E-state index contributed by atoms with van der Waals surface area (Å²) in [7, 11) is 1.87. The molecule has 0 aliphatic carbocycles. The molecule has 0 saturated carbocycles. The van der Waals surface area contributed by atoms with Gasteiger partial charge in [-0.25, -0.2) is 0 Å². The number of unbranched alkanes of at least 4 members (excludes halogenated alkanes) is 1. The summed E-state index contributed by atoms with van der Waals surface area (Å²) in [4.78, 5) is 12.2. The van der Waals surface area contributed by atoms with Gasteiger partial charge < -0.3 is 20.4 Å². The molecular formula is C21H44N6. The highest BCUT2D eigenvalue weighted by atomic mass is 15.3. The maximum atomic E-state index is 4.38. The Morgan fingerprint density at radius 2 is 1.63 bits per heavy atom. The molecule has 0 bridgehead atoms. The van der Waals surface area contributed by atoms with Gasteiger partial charge in [0.2, 0.25) is 0 Å².